The Bertz CT molecular complexity index is 2750. The second-order valence-electron chi connectivity index (χ2n) is 18.3. The number of allylic oxidation sites excluding steroid dienone is 1. The molecule has 13 nitrogen and oxygen atoms in total. The summed E-state index contributed by atoms with van der Waals surface area (Å²) in [5.74, 6) is -0.860. The van der Waals surface area contributed by atoms with E-state index in [2.05, 4.69) is 83.2 Å². The van der Waals surface area contributed by atoms with Crippen LogP contribution in [0.5, 0.6) is 5.75 Å². The lowest BCUT2D eigenvalue weighted by atomic mass is 9.88. The summed E-state index contributed by atoms with van der Waals surface area (Å²) in [5, 5.41) is 16.3. The molecular formula is C58H65N5O8S. The van der Waals surface area contributed by atoms with Gasteiger partial charge in [-0.15, -0.1) is 11.3 Å². The molecule has 1 aliphatic heterocycles. The van der Waals surface area contributed by atoms with Crippen LogP contribution < -0.4 is 15.4 Å². The molecule has 0 radical (unpaired) electrons. The maximum atomic E-state index is 13.8. The quantitative estimate of drug-likeness (QED) is 0.0564. The SMILES string of the molecule is CC/C(=C(\c1ccccc1)c1ccc(OCCN(C)C(=O)OCCc2ccc(COCC(=O)N[C@H](C(=O)N3C[C@H](O)C[C@H]3C(=O)NCc3ccc(-c4scnc4C)cc3)C(C)C)cc2)cc1)c1ccccc1. The molecule has 6 aromatic rings. The zero-order valence-electron chi connectivity index (χ0n) is 41.7. The van der Waals surface area contributed by atoms with Gasteiger partial charge in [-0.1, -0.05) is 142 Å². The number of aliphatic hydroxyl groups excluding tert-OH is 1. The number of rotatable bonds is 22. The minimum Gasteiger partial charge on any atom is -0.492 e. The summed E-state index contributed by atoms with van der Waals surface area (Å²) >= 11 is 1.57. The highest BCUT2D eigenvalue weighted by Gasteiger charge is 2.42. The smallest absolute Gasteiger partial charge is 0.409 e. The maximum absolute atomic E-state index is 13.8. The molecule has 72 heavy (non-hydrogen) atoms. The van der Waals surface area contributed by atoms with E-state index in [1.807, 2.05) is 99.1 Å². The molecule has 1 fully saturated rings. The van der Waals surface area contributed by atoms with Gasteiger partial charge in [-0.2, -0.15) is 0 Å². The van der Waals surface area contributed by atoms with Gasteiger partial charge in [-0.25, -0.2) is 9.78 Å². The Morgan fingerprint density at radius 1 is 0.819 bits per heavy atom. The Labute approximate surface area is 426 Å². The van der Waals surface area contributed by atoms with Crippen molar-refractivity contribution in [3.05, 3.63) is 178 Å². The molecule has 1 aliphatic rings. The number of benzene rings is 5. The summed E-state index contributed by atoms with van der Waals surface area (Å²) in [6, 6.07) is 42.7. The first-order valence-electron chi connectivity index (χ1n) is 24.5. The predicted molar refractivity (Wildman–Crippen MR) is 282 cm³/mol. The lowest BCUT2D eigenvalue weighted by Crippen LogP contribution is -2.55. The van der Waals surface area contributed by atoms with Gasteiger partial charge in [0.2, 0.25) is 17.7 Å². The predicted octanol–water partition coefficient (Wildman–Crippen LogP) is 9.11. The summed E-state index contributed by atoms with van der Waals surface area (Å²) < 4.78 is 17.3. The van der Waals surface area contributed by atoms with E-state index < -0.39 is 36.1 Å². The van der Waals surface area contributed by atoms with E-state index >= 15 is 0 Å². The van der Waals surface area contributed by atoms with Crippen LogP contribution in [-0.4, -0.2) is 102 Å². The minimum atomic E-state index is -0.924. The first kappa shape index (κ1) is 52.7. The van der Waals surface area contributed by atoms with E-state index in [1.165, 1.54) is 26.5 Å². The molecule has 4 amide bonds. The monoisotopic (exact) mass is 991 g/mol. The average molecular weight is 992 g/mol. The minimum absolute atomic E-state index is 0.0113. The summed E-state index contributed by atoms with van der Waals surface area (Å²) in [6.07, 6.45) is 0.180. The first-order valence-corrected chi connectivity index (χ1v) is 25.4. The number of β-amino-alcohol motifs (C(OH)–C–C–N with tert-alkyl or cyclic N) is 1. The van der Waals surface area contributed by atoms with Crippen molar-refractivity contribution in [2.45, 2.75) is 78.3 Å². The lowest BCUT2D eigenvalue weighted by molar-refractivity contribution is -0.143. The highest BCUT2D eigenvalue weighted by Crippen LogP contribution is 2.35. The van der Waals surface area contributed by atoms with Crippen molar-refractivity contribution in [1.82, 2.24) is 25.4 Å². The molecule has 0 aliphatic carbocycles. The fourth-order valence-electron chi connectivity index (χ4n) is 8.70. The van der Waals surface area contributed by atoms with Crippen LogP contribution in [0.15, 0.2) is 139 Å². The normalized spacial score (nSPS) is 15.1. The standard InChI is InChI=1S/C58H65N5O8S/c1-6-50(44-13-9-7-10-14-44)53(45-15-11-8-12-16-45)46-25-27-49(28-26-46)70-32-30-62(5)58(68)71-31-29-41-17-19-43(20-18-41)36-69-37-52(65)61-54(39(2)3)57(67)63-35-48(64)33-51(63)56(66)59-34-42-21-23-47(24-22-42)55-40(4)60-38-72-55/h7-28,38-39,48,51,54,64H,6,29-37H2,1-5H3,(H,59,66)(H,61,65)/b53-50-/t48-,51+,54+/m1/s1. The molecule has 0 unspecified atom stereocenters. The van der Waals surface area contributed by atoms with Crippen molar-refractivity contribution in [3.8, 4) is 16.2 Å². The fourth-order valence-corrected chi connectivity index (χ4v) is 9.51. The molecule has 376 valence electrons. The van der Waals surface area contributed by atoms with Crippen LogP contribution in [0, 0.1) is 12.8 Å². The average Bonchev–Trinajstić information content (AvgIpc) is 4.02. The number of nitrogens with one attached hydrogen (secondary N) is 2. The van der Waals surface area contributed by atoms with Gasteiger partial charge in [-0.05, 0) is 81.5 Å². The molecular weight excluding hydrogens is 927 g/mol. The van der Waals surface area contributed by atoms with Crippen molar-refractivity contribution in [3.63, 3.8) is 0 Å². The van der Waals surface area contributed by atoms with Gasteiger partial charge in [0.1, 0.15) is 31.0 Å². The highest BCUT2D eigenvalue weighted by atomic mass is 32.1. The van der Waals surface area contributed by atoms with Crippen LogP contribution in [0.2, 0.25) is 0 Å². The van der Waals surface area contributed by atoms with Crippen LogP contribution >= 0.6 is 11.3 Å². The molecule has 3 N–H and O–H groups in total. The molecule has 0 saturated carbocycles. The maximum Gasteiger partial charge on any atom is 0.409 e. The van der Waals surface area contributed by atoms with Gasteiger partial charge >= 0.3 is 6.09 Å². The van der Waals surface area contributed by atoms with E-state index in [0.717, 1.165) is 50.4 Å². The molecule has 0 spiro atoms. The number of aromatic nitrogens is 1. The van der Waals surface area contributed by atoms with Crippen LogP contribution in [0.1, 0.15) is 72.7 Å². The van der Waals surface area contributed by atoms with Gasteiger partial charge in [0, 0.05) is 33.0 Å². The van der Waals surface area contributed by atoms with Crippen LogP contribution in [0.25, 0.3) is 21.6 Å². The van der Waals surface area contributed by atoms with Crippen molar-refractivity contribution >= 4 is 46.3 Å². The number of ether oxygens (including phenoxy) is 3. The molecule has 1 saturated heterocycles. The highest BCUT2D eigenvalue weighted by molar-refractivity contribution is 7.13. The van der Waals surface area contributed by atoms with Crippen LogP contribution in [0.3, 0.4) is 0 Å². The number of nitrogens with zero attached hydrogens (tertiary/aromatic N) is 3. The van der Waals surface area contributed by atoms with Gasteiger partial charge in [0.05, 0.1) is 41.9 Å². The number of hydrogen-bond donors (Lipinski definition) is 3. The van der Waals surface area contributed by atoms with Gasteiger partial charge < -0.3 is 39.8 Å². The third-order valence-corrected chi connectivity index (χ3v) is 13.7. The Morgan fingerprint density at radius 3 is 2.10 bits per heavy atom. The Kier molecular flexibility index (Phi) is 18.9. The van der Waals surface area contributed by atoms with Crippen molar-refractivity contribution < 1.29 is 38.5 Å². The number of amides is 4. The number of carbonyl (C=O) groups is 4. The molecule has 5 aromatic carbocycles. The first-order chi connectivity index (χ1) is 34.9. The summed E-state index contributed by atoms with van der Waals surface area (Å²) in [4.78, 5) is 61.4. The second-order valence-corrected chi connectivity index (χ2v) is 19.1. The third-order valence-electron chi connectivity index (χ3n) is 12.7. The number of likely N-dealkylation sites (N-methyl/N-ethyl adjacent to an activating group) is 1. The van der Waals surface area contributed by atoms with Crippen molar-refractivity contribution in [2.75, 3.05) is 40.0 Å². The van der Waals surface area contributed by atoms with Crippen LogP contribution in [-0.2, 0) is 43.4 Å². The summed E-state index contributed by atoms with van der Waals surface area (Å²) in [5.41, 5.74) is 12.4. The number of hydrogen-bond acceptors (Lipinski definition) is 10. The van der Waals surface area contributed by atoms with Gasteiger partial charge in [-0.3, -0.25) is 14.4 Å². The zero-order chi connectivity index (χ0) is 51.0. The number of thiazole rings is 1. The van der Waals surface area contributed by atoms with E-state index in [4.69, 9.17) is 14.2 Å². The number of aliphatic hydroxyl groups is 1. The Hall–Kier alpha value is -7.13. The molecule has 3 atom stereocenters. The summed E-state index contributed by atoms with van der Waals surface area (Å²) in [7, 11) is 1.68. The Morgan fingerprint density at radius 2 is 1.46 bits per heavy atom. The van der Waals surface area contributed by atoms with E-state index in [-0.39, 0.29) is 51.2 Å². The van der Waals surface area contributed by atoms with Crippen LogP contribution in [0.4, 0.5) is 4.79 Å². The number of aryl methyl sites for hydroxylation is 1. The molecule has 2 heterocycles. The third kappa shape index (κ3) is 14.3. The zero-order valence-corrected chi connectivity index (χ0v) is 42.5. The fraction of sp³-hybridized carbons (Fsp3) is 0.328. The molecule has 14 heteroatoms. The topological polar surface area (TPSA) is 160 Å². The number of carbonyl (C=O) groups excluding carboxylic acids is 4. The largest absolute Gasteiger partial charge is 0.492 e. The lowest BCUT2D eigenvalue weighted by Gasteiger charge is -2.30. The second kappa shape index (κ2) is 25.8. The molecule has 0 bridgehead atoms. The van der Waals surface area contributed by atoms with Crippen molar-refractivity contribution in [1.29, 1.82) is 0 Å². The van der Waals surface area contributed by atoms with E-state index in [9.17, 15) is 24.3 Å². The van der Waals surface area contributed by atoms with E-state index in [0.29, 0.717) is 25.3 Å². The Balaban J connectivity index is 0.801. The number of likely N-dealkylation sites (tertiary alicyclic amines) is 1. The molecule has 1 aromatic heterocycles. The van der Waals surface area contributed by atoms with Gasteiger partial charge in [0.25, 0.3) is 0 Å². The van der Waals surface area contributed by atoms with Gasteiger partial charge in [0.15, 0.2) is 0 Å². The summed E-state index contributed by atoms with van der Waals surface area (Å²) in [6.45, 7) is 8.75. The molecule has 7 rings (SSSR count). The van der Waals surface area contributed by atoms with E-state index in [1.54, 1.807) is 18.4 Å². The van der Waals surface area contributed by atoms with Crippen molar-refractivity contribution in [2.24, 2.45) is 5.92 Å².